The maximum atomic E-state index is 12.3. The van der Waals surface area contributed by atoms with Gasteiger partial charge in [-0.3, -0.25) is 4.21 Å². The molecule has 0 aromatic heterocycles. The average molecular weight is 285 g/mol. The van der Waals surface area contributed by atoms with Crippen LogP contribution in [0.5, 0.6) is 5.75 Å². The van der Waals surface area contributed by atoms with Crippen LogP contribution in [0.4, 0.5) is 0 Å². The minimum absolute atomic E-state index is 0.0805. The van der Waals surface area contributed by atoms with Crippen molar-refractivity contribution in [3.8, 4) is 5.75 Å². The molecule has 0 bridgehead atoms. The van der Waals surface area contributed by atoms with Gasteiger partial charge < -0.3 is 15.2 Å². The number of rotatable bonds is 9. The van der Waals surface area contributed by atoms with Crippen molar-refractivity contribution in [1.29, 1.82) is 0 Å². The SMILES string of the molecule is CCCNC(CCO)CS(=O)c1cccc(OC)c1. The lowest BCUT2D eigenvalue weighted by Gasteiger charge is -2.17. The summed E-state index contributed by atoms with van der Waals surface area (Å²) in [6, 6.07) is 7.39. The van der Waals surface area contributed by atoms with E-state index in [4.69, 9.17) is 9.84 Å². The van der Waals surface area contributed by atoms with Crippen molar-refractivity contribution >= 4 is 10.8 Å². The molecule has 0 saturated carbocycles. The summed E-state index contributed by atoms with van der Waals surface area (Å²) in [7, 11) is 0.513. The molecule has 0 radical (unpaired) electrons. The van der Waals surface area contributed by atoms with Crippen LogP contribution >= 0.6 is 0 Å². The summed E-state index contributed by atoms with van der Waals surface area (Å²) in [5, 5.41) is 12.4. The molecule has 0 amide bonds. The van der Waals surface area contributed by atoms with Crippen molar-refractivity contribution in [2.24, 2.45) is 0 Å². The van der Waals surface area contributed by atoms with Gasteiger partial charge in [0.15, 0.2) is 0 Å². The molecule has 0 heterocycles. The molecule has 4 nitrogen and oxygen atoms in total. The van der Waals surface area contributed by atoms with E-state index >= 15 is 0 Å². The minimum atomic E-state index is -1.08. The molecule has 0 aliphatic carbocycles. The number of benzene rings is 1. The van der Waals surface area contributed by atoms with Gasteiger partial charge in [0.1, 0.15) is 5.75 Å². The van der Waals surface area contributed by atoms with Crippen LogP contribution in [0.25, 0.3) is 0 Å². The second kappa shape index (κ2) is 9.07. The van der Waals surface area contributed by atoms with E-state index in [2.05, 4.69) is 12.2 Å². The summed E-state index contributed by atoms with van der Waals surface area (Å²) in [6.07, 6.45) is 1.64. The van der Waals surface area contributed by atoms with E-state index in [1.807, 2.05) is 18.2 Å². The Bertz CT molecular complexity index is 398. The van der Waals surface area contributed by atoms with E-state index in [-0.39, 0.29) is 12.6 Å². The highest BCUT2D eigenvalue weighted by atomic mass is 32.2. The first kappa shape index (κ1) is 16.1. The topological polar surface area (TPSA) is 58.6 Å². The van der Waals surface area contributed by atoms with Crippen molar-refractivity contribution in [3.63, 3.8) is 0 Å². The minimum Gasteiger partial charge on any atom is -0.497 e. The summed E-state index contributed by atoms with van der Waals surface area (Å²) >= 11 is 0. The summed E-state index contributed by atoms with van der Waals surface area (Å²) in [5.41, 5.74) is 0. The van der Waals surface area contributed by atoms with E-state index in [9.17, 15) is 4.21 Å². The molecule has 0 spiro atoms. The molecule has 2 N–H and O–H groups in total. The largest absolute Gasteiger partial charge is 0.497 e. The Morgan fingerprint density at radius 2 is 2.26 bits per heavy atom. The van der Waals surface area contributed by atoms with Gasteiger partial charge in [-0.25, -0.2) is 0 Å². The molecule has 1 aromatic carbocycles. The van der Waals surface area contributed by atoms with Crippen LogP contribution in [-0.4, -0.2) is 41.4 Å². The van der Waals surface area contributed by atoms with E-state index in [1.165, 1.54) is 0 Å². The third-order valence-electron chi connectivity index (χ3n) is 2.82. The van der Waals surface area contributed by atoms with Crippen LogP contribution in [0.1, 0.15) is 19.8 Å². The molecule has 1 rings (SSSR count). The standard InChI is InChI=1S/C14H23NO3S/c1-3-8-15-12(7-9-16)11-19(17)14-6-4-5-13(10-14)18-2/h4-6,10,12,15-16H,3,7-9,11H2,1-2H3. The maximum Gasteiger partial charge on any atom is 0.120 e. The molecule has 19 heavy (non-hydrogen) atoms. The van der Waals surface area contributed by atoms with Gasteiger partial charge in [0, 0.05) is 23.3 Å². The second-order valence-corrected chi connectivity index (χ2v) is 5.85. The zero-order valence-electron chi connectivity index (χ0n) is 11.6. The summed E-state index contributed by atoms with van der Waals surface area (Å²) < 4.78 is 17.4. The Morgan fingerprint density at radius 1 is 1.47 bits per heavy atom. The fourth-order valence-electron chi connectivity index (χ4n) is 1.77. The van der Waals surface area contributed by atoms with E-state index in [0.717, 1.165) is 17.9 Å². The molecule has 5 heteroatoms. The van der Waals surface area contributed by atoms with Crippen LogP contribution in [0.3, 0.4) is 0 Å². The van der Waals surface area contributed by atoms with Gasteiger partial charge in [-0.2, -0.15) is 0 Å². The monoisotopic (exact) mass is 285 g/mol. The normalized spacial score (nSPS) is 14.1. The predicted molar refractivity (Wildman–Crippen MR) is 78.1 cm³/mol. The number of hydrogen-bond donors (Lipinski definition) is 2. The third-order valence-corrected chi connectivity index (χ3v) is 4.30. The van der Waals surface area contributed by atoms with Gasteiger partial charge in [-0.15, -0.1) is 0 Å². The van der Waals surface area contributed by atoms with E-state index in [1.54, 1.807) is 13.2 Å². The molecule has 0 saturated heterocycles. The Morgan fingerprint density at radius 3 is 2.89 bits per heavy atom. The fourth-order valence-corrected chi connectivity index (χ4v) is 3.09. The van der Waals surface area contributed by atoms with Gasteiger partial charge in [0.25, 0.3) is 0 Å². The van der Waals surface area contributed by atoms with Crippen LogP contribution in [0.2, 0.25) is 0 Å². The molecule has 1 aromatic rings. The number of nitrogens with one attached hydrogen (secondary N) is 1. The fraction of sp³-hybridized carbons (Fsp3) is 0.571. The van der Waals surface area contributed by atoms with Crippen molar-refractivity contribution in [3.05, 3.63) is 24.3 Å². The zero-order chi connectivity index (χ0) is 14.1. The van der Waals surface area contributed by atoms with Crippen molar-refractivity contribution in [1.82, 2.24) is 5.32 Å². The van der Waals surface area contributed by atoms with Gasteiger partial charge in [0.05, 0.1) is 17.9 Å². The quantitative estimate of drug-likeness (QED) is 0.723. The first-order valence-electron chi connectivity index (χ1n) is 6.58. The van der Waals surface area contributed by atoms with Crippen LogP contribution in [0, 0.1) is 0 Å². The molecular weight excluding hydrogens is 262 g/mol. The lowest BCUT2D eigenvalue weighted by atomic mass is 10.2. The van der Waals surface area contributed by atoms with E-state index < -0.39 is 10.8 Å². The smallest absolute Gasteiger partial charge is 0.120 e. The lowest BCUT2D eigenvalue weighted by Crippen LogP contribution is -2.35. The number of aliphatic hydroxyl groups excluding tert-OH is 1. The predicted octanol–water partition coefficient (Wildman–Crippen LogP) is 1.55. The van der Waals surface area contributed by atoms with E-state index in [0.29, 0.717) is 17.9 Å². The first-order chi connectivity index (χ1) is 9.21. The maximum absolute atomic E-state index is 12.3. The Kier molecular flexibility index (Phi) is 7.70. The first-order valence-corrected chi connectivity index (χ1v) is 7.89. The summed E-state index contributed by atoms with van der Waals surface area (Å²) in [6.45, 7) is 3.07. The zero-order valence-corrected chi connectivity index (χ0v) is 12.4. The number of aliphatic hydroxyl groups is 1. The molecule has 2 atom stereocenters. The third kappa shape index (κ3) is 5.72. The average Bonchev–Trinajstić information content (AvgIpc) is 2.45. The highest BCUT2D eigenvalue weighted by Gasteiger charge is 2.13. The Balaban J connectivity index is 2.64. The Labute approximate surface area is 117 Å². The van der Waals surface area contributed by atoms with Crippen molar-refractivity contribution in [2.45, 2.75) is 30.7 Å². The highest BCUT2D eigenvalue weighted by Crippen LogP contribution is 2.16. The summed E-state index contributed by atoms with van der Waals surface area (Å²) in [4.78, 5) is 0.764. The van der Waals surface area contributed by atoms with Gasteiger partial charge in [-0.05, 0) is 37.6 Å². The number of ether oxygens (including phenoxy) is 1. The molecule has 0 fully saturated rings. The van der Waals surface area contributed by atoms with Crippen LogP contribution in [0.15, 0.2) is 29.2 Å². The number of methoxy groups -OCH3 is 1. The van der Waals surface area contributed by atoms with Crippen molar-refractivity contribution < 1.29 is 14.1 Å². The molecule has 108 valence electrons. The van der Waals surface area contributed by atoms with Gasteiger partial charge in [0.2, 0.25) is 0 Å². The summed E-state index contributed by atoms with van der Waals surface area (Å²) in [5.74, 6) is 1.22. The van der Waals surface area contributed by atoms with Gasteiger partial charge >= 0.3 is 0 Å². The van der Waals surface area contributed by atoms with Crippen molar-refractivity contribution in [2.75, 3.05) is 26.0 Å². The van der Waals surface area contributed by atoms with Crippen LogP contribution < -0.4 is 10.1 Å². The lowest BCUT2D eigenvalue weighted by molar-refractivity contribution is 0.270. The van der Waals surface area contributed by atoms with Crippen LogP contribution in [-0.2, 0) is 10.8 Å². The van der Waals surface area contributed by atoms with Gasteiger partial charge in [-0.1, -0.05) is 13.0 Å². The molecule has 0 aliphatic rings. The Hall–Kier alpha value is -0.910. The molecule has 2 unspecified atom stereocenters. The molecule has 0 aliphatic heterocycles. The second-order valence-electron chi connectivity index (χ2n) is 4.35. The molecular formula is C14H23NO3S. The number of hydrogen-bond acceptors (Lipinski definition) is 4. The highest BCUT2D eigenvalue weighted by molar-refractivity contribution is 7.85.